The lowest BCUT2D eigenvalue weighted by Gasteiger charge is -2.33. The molecule has 0 spiro atoms. The summed E-state index contributed by atoms with van der Waals surface area (Å²) in [6.45, 7) is 2.05. The third-order valence-electron chi connectivity index (χ3n) is 4.80. The number of benzene rings is 3. The standard InChI is InChI=1S/C23H18ClFN2O3/c1-14-23(29)27(13-15-6-3-2-4-7-15)19-12-16(10-11-20(19)30-14)26-22(28)21-17(24)8-5-9-18(21)25/h2-12,14H,13H2,1H3,(H,26,28). The van der Waals surface area contributed by atoms with Crippen LogP contribution in [0.5, 0.6) is 5.75 Å². The first-order valence-electron chi connectivity index (χ1n) is 9.35. The number of carbonyl (C=O) groups is 2. The molecule has 0 bridgehead atoms. The van der Waals surface area contributed by atoms with Crippen LogP contribution in [0.3, 0.4) is 0 Å². The smallest absolute Gasteiger partial charge is 0.268 e. The second-order valence-electron chi connectivity index (χ2n) is 6.90. The Morgan fingerprint density at radius 3 is 2.63 bits per heavy atom. The quantitative estimate of drug-likeness (QED) is 0.638. The summed E-state index contributed by atoms with van der Waals surface area (Å²) >= 11 is 5.98. The molecule has 152 valence electrons. The molecule has 1 unspecified atom stereocenters. The average Bonchev–Trinajstić information content (AvgIpc) is 2.72. The van der Waals surface area contributed by atoms with Crippen LogP contribution >= 0.6 is 11.6 Å². The molecule has 2 amide bonds. The highest BCUT2D eigenvalue weighted by molar-refractivity contribution is 6.34. The third-order valence-corrected chi connectivity index (χ3v) is 5.11. The molecule has 30 heavy (non-hydrogen) atoms. The highest BCUT2D eigenvalue weighted by Crippen LogP contribution is 2.37. The summed E-state index contributed by atoms with van der Waals surface area (Å²) in [5.41, 5.74) is 1.64. The van der Waals surface area contributed by atoms with Crippen LogP contribution in [0.4, 0.5) is 15.8 Å². The lowest BCUT2D eigenvalue weighted by atomic mass is 10.1. The van der Waals surface area contributed by atoms with E-state index in [1.807, 2.05) is 30.3 Å². The van der Waals surface area contributed by atoms with E-state index in [0.29, 0.717) is 23.7 Å². The lowest BCUT2D eigenvalue weighted by molar-refractivity contribution is -0.125. The van der Waals surface area contributed by atoms with E-state index in [2.05, 4.69) is 5.32 Å². The summed E-state index contributed by atoms with van der Waals surface area (Å²) < 4.78 is 19.8. The minimum absolute atomic E-state index is 0.0171. The van der Waals surface area contributed by atoms with Gasteiger partial charge in [0, 0.05) is 5.69 Å². The van der Waals surface area contributed by atoms with E-state index in [1.54, 1.807) is 30.0 Å². The number of hydrogen-bond acceptors (Lipinski definition) is 3. The molecule has 0 aliphatic carbocycles. The fourth-order valence-corrected chi connectivity index (χ4v) is 3.57. The van der Waals surface area contributed by atoms with Crippen molar-refractivity contribution < 1.29 is 18.7 Å². The van der Waals surface area contributed by atoms with Crippen molar-refractivity contribution in [2.45, 2.75) is 19.6 Å². The predicted molar refractivity (Wildman–Crippen MR) is 114 cm³/mol. The predicted octanol–water partition coefficient (Wildman–Crippen LogP) is 5.05. The Kier molecular flexibility index (Phi) is 5.42. The maximum Gasteiger partial charge on any atom is 0.268 e. The minimum Gasteiger partial charge on any atom is -0.479 e. The van der Waals surface area contributed by atoms with Crippen molar-refractivity contribution in [1.29, 1.82) is 0 Å². The summed E-state index contributed by atoms with van der Waals surface area (Å²) in [7, 11) is 0. The zero-order chi connectivity index (χ0) is 21.3. The first kappa shape index (κ1) is 19.9. The summed E-state index contributed by atoms with van der Waals surface area (Å²) in [6.07, 6.45) is -0.626. The molecule has 7 heteroatoms. The number of hydrogen-bond donors (Lipinski definition) is 1. The Morgan fingerprint density at radius 1 is 1.13 bits per heavy atom. The monoisotopic (exact) mass is 424 g/mol. The van der Waals surface area contributed by atoms with Crippen molar-refractivity contribution in [3.63, 3.8) is 0 Å². The van der Waals surface area contributed by atoms with E-state index in [-0.39, 0.29) is 16.5 Å². The topological polar surface area (TPSA) is 58.6 Å². The van der Waals surface area contributed by atoms with E-state index >= 15 is 0 Å². The van der Waals surface area contributed by atoms with Crippen LogP contribution in [-0.2, 0) is 11.3 Å². The van der Waals surface area contributed by atoms with Gasteiger partial charge in [0.25, 0.3) is 11.8 Å². The van der Waals surface area contributed by atoms with Crippen molar-refractivity contribution >= 4 is 34.8 Å². The van der Waals surface area contributed by atoms with Gasteiger partial charge >= 0.3 is 0 Å². The fourth-order valence-electron chi connectivity index (χ4n) is 3.32. The van der Waals surface area contributed by atoms with Gasteiger partial charge in [-0.3, -0.25) is 9.59 Å². The van der Waals surface area contributed by atoms with Crippen LogP contribution in [0.1, 0.15) is 22.8 Å². The van der Waals surface area contributed by atoms with Crippen LogP contribution in [0.15, 0.2) is 66.7 Å². The molecule has 1 aliphatic heterocycles. The molecule has 0 aromatic heterocycles. The van der Waals surface area contributed by atoms with Crippen LogP contribution in [0.2, 0.25) is 5.02 Å². The molecule has 5 nitrogen and oxygen atoms in total. The van der Waals surface area contributed by atoms with Crippen molar-refractivity contribution in [2.75, 3.05) is 10.2 Å². The second kappa shape index (κ2) is 8.16. The van der Waals surface area contributed by atoms with E-state index in [9.17, 15) is 14.0 Å². The molecule has 3 aromatic rings. The van der Waals surface area contributed by atoms with Crippen molar-refractivity contribution in [3.8, 4) is 5.75 Å². The average molecular weight is 425 g/mol. The maximum atomic E-state index is 14.1. The van der Waals surface area contributed by atoms with Crippen LogP contribution in [0, 0.1) is 5.82 Å². The van der Waals surface area contributed by atoms with Gasteiger partial charge in [-0.15, -0.1) is 0 Å². The molecule has 1 heterocycles. The van der Waals surface area contributed by atoms with E-state index in [0.717, 1.165) is 5.56 Å². The number of anilines is 2. The summed E-state index contributed by atoms with van der Waals surface area (Å²) in [5.74, 6) is -1.05. The molecule has 1 atom stereocenters. The fraction of sp³-hybridized carbons (Fsp3) is 0.130. The molecule has 0 fully saturated rings. The lowest BCUT2D eigenvalue weighted by Crippen LogP contribution is -2.44. The minimum atomic E-state index is -0.712. The second-order valence-corrected chi connectivity index (χ2v) is 7.31. The summed E-state index contributed by atoms with van der Waals surface area (Å²) in [5, 5.41) is 2.66. The van der Waals surface area contributed by atoms with Crippen LogP contribution in [0.25, 0.3) is 0 Å². The molecule has 3 aromatic carbocycles. The van der Waals surface area contributed by atoms with Crippen LogP contribution < -0.4 is 15.0 Å². The van der Waals surface area contributed by atoms with Gasteiger partial charge in [0.05, 0.1) is 22.8 Å². The number of carbonyl (C=O) groups excluding carboxylic acids is 2. The Bertz CT molecular complexity index is 1100. The van der Waals surface area contributed by atoms with Gasteiger partial charge in [0.15, 0.2) is 6.10 Å². The van der Waals surface area contributed by atoms with Crippen molar-refractivity contribution in [1.82, 2.24) is 0 Å². The van der Waals surface area contributed by atoms with Crippen molar-refractivity contribution in [2.24, 2.45) is 0 Å². The maximum absolute atomic E-state index is 14.1. The number of nitrogens with zero attached hydrogens (tertiary/aromatic N) is 1. The number of nitrogens with one attached hydrogen (secondary N) is 1. The first-order valence-corrected chi connectivity index (χ1v) is 9.73. The number of ether oxygens (including phenoxy) is 1. The Hall–Kier alpha value is -3.38. The summed E-state index contributed by atoms with van der Waals surface area (Å²) in [4.78, 5) is 27.0. The Balaban J connectivity index is 1.65. The van der Waals surface area contributed by atoms with Gasteiger partial charge in [-0.05, 0) is 42.8 Å². The van der Waals surface area contributed by atoms with Gasteiger partial charge < -0.3 is 15.0 Å². The molecule has 4 rings (SSSR count). The third kappa shape index (κ3) is 3.86. The molecule has 1 N–H and O–H groups in total. The van der Waals surface area contributed by atoms with Gasteiger partial charge in [-0.25, -0.2) is 4.39 Å². The number of rotatable bonds is 4. The van der Waals surface area contributed by atoms with E-state index in [4.69, 9.17) is 16.3 Å². The highest BCUT2D eigenvalue weighted by atomic mass is 35.5. The largest absolute Gasteiger partial charge is 0.479 e. The SMILES string of the molecule is CC1Oc2ccc(NC(=O)c3c(F)cccc3Cl)cc2N(Cc2ccccc2)C1=O. The number of amides is 2. The van der Waals surface area contributed by atoms with Gasteiger partial charge in [-0.2, -0.15) is 0 Å². The van der Waals surface area contributed by atoms with E-state index in [1.165, 1.54) is 18.2 Å². The van der Waals surface area contributed by atoms with Gasteiger partial charge in [0.2, 0.25) is 0 Å². The molecule has 1 aliphatic rings. The Labute approximate surface area is 178 Å². The summed E-state index contributed by atoms with van der Waals surface area (Å²) in [6, 6.07) is 18.6. The number of halogens is 2. The highest BCUT2D eigenvalue weighted by Gasteiger charge is 2.32. The molecule has 0 radical (unpaired) electrons. The molecular formula is C23H18ClFN2O3. The zero-order valence-corrected chi connectivity index (χ0v) is 16.8. The van der Waals surface area contributed by atoms with Gasteiger partial charge in [0.1, 0.15) is 11.6 Å². The molecular weight excluding hydrogens is 407 g/mol. The zero-order valence-electron chi connectivity index (χ0n) is 16.1. The number of fused-ring (bicyclic) bond motifs is 1. The normalized spacial score (nSPS) is 15.4. The Morgan fingerprint density at radius 2 is 1.90 bits per heavy atom. The molecule has 0 saturated carbocycles. The van der Waals surface area contributed by atoms with Gasteiger partial charge in [-0.1, -0.05) is 48.0 Å². The van der Waals surface area contributed by atoms with Crippen molar-refractivity contribution in [3.05, 3.63) is 88.7 Å². The van der Waals surface area contributed by atoms with E-state index < -0.39 is 17.8 Å². The molecule has 0 saturated heterocycles. The first-order chi connectivity index (χ1) is 14.4. The van der Waals surface area contributed by atoms with Crippen LogP contribution in [-0.4, -0.2) is 17.9 Å².